The molecule has 1 aliphatic carbocycles. The third-order valence-electron chi connectivity index (χ3n) is 6.07. The predicted molar refractivity (Wildman–Crippen MR) is 110 cm³/mol. The second kappa shape index (κ2) is 8.90. The molecule has 2 aliphatic heterocycles. The van der Waals surface area contributed by atoms with Crippen LogP contribution in [0.5, 0.6) is 0 Å². The molecule has 0 aromatic carbocycles. The number of hydrogen-bond donors (Lipinski definition) is 0. The van der Waals surface area contributed by atoms with Gasteiger partial charge < -0.3 is 23.7 Å². The molecule has 0 spiro atoms. The summed E-state index contributed by atoms with van der Waals surface area (Å²) in [6, 6.07) is 0. The van der Waals surface area contributed by atoms with Crippen LogP contribution in [-0.2, 0) is 42.9 Å². The number of allylic oxidation sites excluding steroid dienone is 2. The Morgan fingerprint density at radius 3 is 2.47 bits per heavy atom. The monoisotopic (exact) mass is 448 g/mol. The molecule has 9 heteroatoms. The number of hydrogen-bond acceptors (Lipinski definition) is 9. The van der Waals surface area contributed by atoms with E-state index < -0.39 is 53.7 Å². The molecule has 0 N–H and O–H groups in total. The van der Waals surface area contributed by atoms with Crippen LogP contribution in [0.2, 0.25) is 0 Å². The predicted octanol–water partition coefficient (Wildman–Crippen LogP) is 1.94. The highest BCUT2D eigenvalue weighted by Crippen LogP contribution is 2.41. The van der Waals surface area contributed by atoms with E-state index in [1.54, 1.807) is 26.0 Å². The van der Waals surface area contributed by atoms with Gasteiger partial charge in [-0.25, -0.2) is 14.4 Å². The van der Waals surface area contributed by atoms with E-state index in [-0.39, 0.29) is 17.3 Å². The summed E-state index contributed by atoms with van der Waals surface area (Å²) in [5.41, 5.74) is -0.216. The van der Waals surface area contributed by atoms with Crippen molar-refractivity contribution in [3.05, 3.63) is 35.5 Å². The third kappa shape index (κ3) is 4.48. The van der Waals surface area contributed by atoms with E-state index in [0.29, 0.717) is 12.8 Å². The zero-order valence-electron chi connectivity index (χ0n) is 18.8. The Labute approximate surface area is 186 Å². The zero-order valence-corrected chi connectivity index (χ0v) is 18.8. The van der Waals surface area contributed by atoms with Gasteiger partial charge in [-0.15, -0.1) is 0 Å². The fraction of sp³-hybridized carbons (Fsp3) is 0.565. The molecule has 0 saturated carbocycles. The Morgan fingerprint density at radius 1 is 1.25 bits per heavy atom. The maximum atomic E-state index is 13.0. The topological polar surface area (TPSA) is 118 Å². The molecule has 2 heterocycles. The van der Waals surface area contributed by atoms with Gasteiger partial charge in [-0.2, -0.15) is 0 Å². The molecule has 0 amide bonds. The fourth-order valence-corrected chi connectivity index (χ4v) is 3.98. The minimum atomic E-state index is -1.34. The second-order valence-electron chi connectivity index (χ2n) is 8.39. The van der Waals surface area contributed by atoms with Crippen molar-refractivity contribution in [1.82, 2.24) is 0 Å². The molecule has 0 aromatic heterocycles. The van der Waals surface area contributed by atoms with E-state index in [9.17, 15) is 19.2 Å². The SMILES string of the molecule is C=C1C(=O)O[C@@H]2/C=C(\C)CC/C=C(/C(=O)OC)[C@H](OC(C)=O)[C@@H](OC(=O)[C@@]3(C)O[C@H]3C)[C@@H]12. The normalized spacial score (nSPS) is 37.6. The lowest BCUT2D eigenvalue weighted by Crippen LogP contribution is -2.47. The van der Waals surface area contributed by atoms with Gasteiger partial charge in [0.2, 0.25) is 0 Å². The highest BCUT2D eigenvalue weighted by Gasteiger charge is 2.59. The van der Waals surface area contributed by atoms with Crippen molar-refractivity contribution in [3.63, 3.8) is 0 Å². The number of rotatable bonds is 4. The molecule has 3 aliphatic rings. The Hall–Kier alpha value is -2.94. The first-order valence-corrected chi connectivity index (χ1v) is 10.4. The molecular weight excluding hydrogens is 420 g/mol. The van der Waals surface area contributed by atoms with Gasteiger partial charge in [0.15, 0.2) is 17.8 Å². The fourth-order valence-electron chi connectivity index (χ4n) is 3.98. The minimum absolute atomic E-state index is 0.0102. The van der Waals surface area contributed by atoms with Crippen molar-refractivity contribution in [2.45, 2.75) is 70.6 Å². The molecule has 0 unspecified atom stereocenters. The Bertz CT molecular complexity index is 914. The molecule has 2 fully saturated rings. The van der Waals surface area contributed by atoms with Crippen LogP contribution in [0, 0.1) is 5.92 Å². The average Bonchev–Trinajstić information content (AvgIpc) is 3.25. The summed E-state index contributed by atoms with van der Waals surface area (Å²) in [5.74, 6) is -3.70. The van der Waals surface area contributed by atoms with E-state index >= 15 is 0 Å². The van der Waals surface area contributed by atoms with Gasteiger partial charge in [-0.05, 0) is 39.7 Å². The van der Waals surface area contributed by atoms with Crippen LogP contribution in [0.1, 0.15) is 40.5 Å². The van der Waals surface area contributed by atoms with Crippen molar-refractivity contribution in [2.24, 2.45) is 5.92 Å². The van der Waals surface area contributed by atoms with Gasteiger partial charge in [-0.3, -0.25) is 4.79 Å². The van der Waals surface area contributed by atoms with E-state index in [1.165, 1.54) is 14.0 Å². The van der Waals surface area contributed by atoms with Crippen molar-refractivity contribution < 1.29 is 42.9 Å². The van der Waals surface area contributed by atoms with Gasteiger partial charge in [0, 0.05) is 12.5 Å². The van der Waals surface area contributed by atoms with Gasteiger partial charge in [0.05, 0.1) is 24.7 Å². The quantitative estimate of drug-likeness (QED) is 0.209. The maximum Gasteiger partial charge on any atom is 0.341 e. The van der Waals surface area contributed by atoms with Crippen LogP contribution >= 0.6 is 0 Å². The molecule has 3 rings (SSSR count). The van der Waals surface area contributed by atoms with Crippen LogP contribution in [0.15, 0.2) is 35.5 Å². The van der Waals surface area contributed by atoms with Crippen LogP contribution in [0.25, 0.3) is 0 Å². The summed E-state index contributed by atoms with van der Waals surface area (Å²) in [7, 11) is 1.20. The smallest absolute Gasteiger partial charge is 0.341 e. The highest BCUT2D eigenvalue weighted by molar-refractivity contribution is 5.93. The lowest BCUT2D eigenvalue weighted by molar-refractivity contribution is -0.173. The van der Waals surface area contributed by atoms with Gasteiger partial charge in [-0.1, -0.05) is 18.2 Å². The van der Waals surface area contributed by atoms with E-state index in [0.717, 1.165) is 5.57 Å². The molecule has 6 atom stereocenters. The summed E-state index contributed by atoms with van der Waals surface area (Å²) in [6.07, 6.45) is 0.540. The van der Waals surface area contributed by atoms with Crippen molar-refractivity contribution in [3.8, 4) is 0 Å². The number of fused-ring (bicyclic) bond motifs is 1. The zero-order chi connectivity index (χ0) is 23.8. The summed E-state index contributed by atoms with van der Waals surface area (Å²) >= 11 is 0. The van der Waals surface area contributed by atoms with Gasteiger partial charge >= 0.3 is 23.9 Å². The number of carbonyl (C=O) groups is 4. The number of carbonyl (C=O) groups excluding carboxylic acids is 4. The summed E-state index contributed by atoms with van der Waals surface area (Å²) < 4.78 is 27.1. The van der Waals surface area contributed by atoms with Crippen LogP contribution in [0.3, 0.4) is 0 Å². The van der Waals surface area contributed by atoms with Crippen molar-refractivity contribution in [2.75, 3.05) is 7.11 Å². The number of epoxide rings is 1. The highest BCUT2D eigenvalue weighted by atomic mass is 16.7. The molecule has 0 bridgehead atoms. The standard InChI is InChI=1S/C23H28O9/c1-11-8-7-9-15(21(26)28-6)18(29-14(4)24)19(31-22(27)23(5)13(3)32-23)17-12(2)20(25)30-16(17)10-11/h9-10,13,16-19H,2,7-8H2,1,3-6H3/b11-10+,15-9+/t13-,16+,17-,18-,19-,23-/m0/s1. The van der Waals surface area contributed by atoms with Crippen LogP contribution in [0.4, 0.5) is 0 Å². The second-order valence-corrected chi connectivity index (χ2v) is 8.39. The average molecular weight is 448 g/mol. The van der Waals surface area contributed by atoms with Crippen LogP contribution < -0.4 is 0 Å². The Balaban J connectivity index is 2.14. The van der Waals surface area contributed by atoms with Crippen LogP contribution in [-0.4, -0.2) is 61.0 Å². The summed E-state index contributed by atoms with van der Waals surface area (Å²) in [5, 5.41) is 0. The third-order valence-corrected chi connectivity index (χ3v) is 6.07. The van der Waals surface area contributed by atoms with E-state index in [2.05, 4.69) is 6.58 Å². The largest absolute Gasteiger partial charge is 0.466 e. The number of methoxy groups -OCH3 is 1. The van der Waals surface area contributed by atoms with Crippen molar-refractivity contribution in [1.29, 1.82) is 0 Å². The lowest BCUT2D eigenvalue weighted by Gasteiger charge is -2.33. The summed E-state index contributed by atoms with van der Waals surface area (Å²) in [4.78, 5) is 50.0. The molecule has 0 aromatic rings. The van der Waals surface area contributed by atoms with E-state index in [1.807, 2.05) is 6.92 Å². The summed E-state index contributed by atoms with van der Waals surface area (Å²) in [6.45, 7) is 10.2. The molecule has 2 saturated heterocycles. The Kier molecular flexibility index (Phi) is 6.59. The van der Waals surface area contributed by atoms with Gasteiger partial charge in [0.1, 0.15) is 6.10 Å². The number of ether oxygens (including phenoxy) is 5. The molecule has 32 heavy (non-hydrogen) atoms. The lowest BCUT2D eigenvalue weighted by atomic mass is 9.83. The number of esters is 4. The van der Waals surface area contributed by atoms with E-state index in [4.69, 9.17) is 23.7 Å². The Morgan fingerprint density at radius 2 is 1.91 bits per heavy atom. The molecular formula is C23H28O9. The van der Waals surface area contributed by atoms with Crippen molar-refractivity contribution >= 4 is 23.9 Å². The first-order chi connectivity index (χ1) is 15.0. The molecule has 174 valence electrons. The minimum Gasteiger partial charge on any atom is -0.466 e. The maximum absolute atomic E-state index is 13.0. The first kappa shape index (κ1) is 23.7. The molecule has 9 nitrogen and oxygen atoms in total. The first-order valence-electron chi connectivity index (χ1n) is 10.4. The van der Waals surface area contributed by atoms with Gasteiger partial charge in [0.25, 0.3) is 0 Å². The molecule has 0 radical (unpaired) electrons.